The molecule has 2 rings (SSSR count). The highest BCUT2D eigenvalue weighted by molar-refractivity contribution is 6.00. The lowest BCUT2D eigenvalue weighted by Gasteiger charge is -2.18. The van der Waals surface area contributed by atoms with E-state index < -0.39 is 29.6 Å². The maximum atomic E-state index is 14.3. The first-order valence-corrected chi connectivity index (χ1v) is 6.24. The predicted molar refractivity (Wildman–Crippen MR) is 70.2 cm³/mol. The number of hydrogen-bond acceptors (Lipinski definition) is 5. The molecule has 0 N–H and O–H groups in total. The van der Waals surface area contributed by atoms with E-state index in [1.54, 1.807) is 0 Å². The molecule has 1 saturated heterocycles. The first-order chi connectivity index (χ1) is 9.99. The maximum absolute atomic E-state index is 14.3. The summed E-state index contributed by atoms with van der Waals surface area (Å²) in [4.78, 5) is 36.0. The van der Waals surface area contributed by atoms with Crippen LogP contribution in [0.3, 0.4) is 0 Å². The first kappa shape index (κ1) is 15.0. The van der Waals surface area contributed by atoms with E-state index in [4.69, 9.17) is 0 Å². The Hall–Kier alpha value is -2.44. The zero-order valence-electron chi connectivity index (χ0n) is 11.6. The lowest BCUT2D eigenvalue weighted by molar-refractivity contribution is -0.145. The SMILES string of the molecule is COC(=O)c1cccc(N2CC(C(=O)OC)CC2=O)c1F. The van der Waals surface area contributed by atoms with Crippen LogP contribution < -0.4 is 4.90 Å². The van der Waals surface area contributed by atoms with Crippen molar-refractivity contribution in [1.29, 1.82) is 0 Å². The second-order valence-corrected chi connectivity index (χ2v) is 4.56. The first-order valence-electron chi connectivity index (χ1n) is 6.24. The molecule has 21 heavy (non-hydrogen) atoms. The molecule has 1 aromatic carbocycles. The molecule has 0 aliphatic carbocycles. The molecule has 0 bridgehead atoms. The van der Waals surface area contributed by atoms with Crippen LogP contribution in [-0.2, 0) is 19.1 Å². The van der Waals surface area contributed by atoms with Gasteiger partial charge in [0.1, 0.15) is 0 Å². The fourth-order valence-corrected chi connectivity index (χ4v) is 2.26. The molecule has 1 aliphatic rings. The summed E-state index contributed by atoms with van der Waals surface area (Å²) in [6, 6.07) is 4.09. The third-order valence-electron chi connectivity index (χ3n) is 3.33. The molecule has 0 aromatic heterocycles. The van der Waals surface area contributed by atoms with E-state index >= 15 is 0 Å². The van der Waals surface area contributed by atoms with Crippen LogP contribution in [0.4, 0.5) is 10.1 Å². The Morgan fingerprint density at radius 2 is 2.00 bits per heavy atom. The van der Waals surface area contributed by atoms with Crippen LogP contribution in [0.15, 0.2) is 18.2 Å². The van der Waals surface area contributed by atoms with E-state index in [0.717, 1.165) is 12.0 Å². The minimum absolute atomic E-state index is 0.0209. The van der Waals surface area contributed by atoms with Crippen molar-refractivity contribution in [3.05, 3.63) is 29.6 Å². The molecule has 1 heterocycles. The molecule has 1 amide bonds. The van der Waals surface area contributed by atoms with Gasteiger partial charge in [0.15, 0.2) is 5.82 Å². The van der Waals surface area contributed by atoms with Gasteiger partial charge in [-0.3, -0.25) is 9.59 Å². The highest BCUT2D eigenvalue weighted by atomic mass is 19.1. The summed E-state index contributed by atoms with van der Waals surface area (Å²) in [5.41, 5.74) is -0.307. The summed E-state index contributed by atoms with van der Waals surface area (Å²) >= 11 is 0. The molecule has 1 fully saturated rings. The molecule has 1 aliphatic heterocycles. The molecule has 0 spiro atoms. The van der Waals surface area contributed by atoms with Crippen LogP contribution in [0.5, 0.6) is 0 Å². The number of halogens is 1. The standard InChI is InChI=1S/C14H14FNO5/c1-20-13(18)8-6-11(17)16(7-8)10-5-3-4-9(12(10)15)14(19)21-2/h3-5,8H,6-7H2,1-2H3. The van der Waals surface area contributed by atoms with Crippen LogP contribution in [0, 0.1) is 11.7 Å². The Labute approximate surface area is 120 Å². The summed E-state index contributed by atoms with van der Waals surface area (Å²) in [5, 5.41) is 0. The number of anilines is 1. The smallest absolute Gasteiger partial charge is 0.340 e. The molecular weight excluding hydrogens is 281 g/mol. The van der Waals surface area contributed by atoms with E-state index in [-0.39, 0.29) is 24.2 Å². The highest BCUT2D eigenvalue weighted by Gasteiger charge is 2.37. The van der Waals surface area contributed by atoms with Gasteiger partial charge >= 0.3 is 11.9 Å². The van der Waals surface area contributed by atoms with Gasteiger partial charge in [-0.05, 0) is 12.1 Å². The number of carbonyl (C=O) groups is 3. The summed E-state index contributed by atoms with van der Waals surface area (Å²) < 4.78 is 23.4. The van der Waals surface area contributed by atoms with Gasteiger partial charge in [0.2, 0.25) is 5.91 Å². The van der Waals surface area contributed by atoms with Crippen LogP contribution in [0.1, 0.15) is 16.8 Å². The summed E-state index contributed by atoms with van der Waals surface area (Å²) in [6.07, 6.45) is -0.0471. The number of esters is 2. The topological polar surface area (TPSA) is 72.9 Å². The number of ether oxygens (including phenoxy) is 2. The lowest BCUT2D eigenvalue weighted by atomic mass is 10.1. The lowest BCUT2D eigenvalue weighted by Crippen LogP contribution is -2.27. The average Bonchev–Trinajstić information content (AvgIpc) is 2.87. The molecule has 0 radical (unpaired) electrons. The van der Waals surface area contributed by atoms with Crippen molar-refractivity contribution in [2.45, 2.75) is 6.42 Å². The van der Waals surface area contributed by atoms with Crippen molar-refractivity contribution in [1.82, 2.24) is 0 Å². The molecular formula is C14H14FNO5. The van der Waals surface area contributed by atoms with E-state index in [1.165, 1.54) is 25.3 Å². The Morgan fingerprint density at radius 1 is 1.29 bits per heavy atom. The number of amides is 1. The molecule has 1 unspecified atom stereocenters. The number of rotatable bonds is 3. The van der Waals surface area contributed by atoms with E-state index in [1.807, 2.05) is 0 Å². The van der Waals surface area contributed by atoms with Crippen LogP contribution in [0.25, 0.3) is 0 Å². The average molecular weight is 295 g/mol. The normalized spacial score (nSPS) is 17.8. The van der Waals surface area contributed by atoms with Crippen molar-refractivity contribution in [2.75, 3.05) is 25.7 Å². The van der Waals surface area contributed by atoms with Crippen LogP contribution in [0.2, 0.25) is 0 Å². The van der Waals surface area contributed by atoms with Gasteiger partial charge < -0.3 is 14.4 Å². The highest BCUT2D eigenvalue weighted by Crippen LogP contribution is 2.29. The van der Waals surface area contributed by atoms with Gasteiger partial charge in [-0.25, -0.2) is 9.18 Å². The molecule has 1 aromatic rings. The van der Waals surface area contributed by atoms with Crippen molar-refractivity contribution in [2.24, 2.45) is 5.92 Å². The Balaban J connectivity index is 2.33. The van der Waals surface area contributed by atoms with Gasteiger partial charge in [0.25, 0.3) is 0 Å². The number of carbonyl (C=O) groups excluding carboxylic acids is 3. The monoisotopic (exact) mass is 295 g/mol. The van der Waals surface area contributed by atoms with Gasteiger partial charge in [0, 0.05) is 13.0 Å². The Morgan fingerprint density at radius 3 is 2.62 bits per heavy atom. The molecule has 112 valence electrons. The number of benzene rings is 1. The fraction of sp³-hybridized carbons (Fsp3) is 0.357. The van der Waals surface area contributed by atoms with Crippen molar-refractivity contribution >= 4 is 23.5 Å². The summed E-state index contributed by atoms with van der Waals surface area (Å²) in [6.45, 7) is 0.0209. The molecule has 0 saturated carbocycles. The minimum atomic E-state index is -0.844. The molecule has 6 nitrogen and oxygen atoms in total. The Kier molecular flexibility index (Phi) is 4.21. The van der Waals surface area contributed by atoms with Crippen molar-refractivity contribution < 1.29 is 28.2 Å². The largest absolute Gasteiger partial charge is 0.469 e. The summed E-state index contributed by atoms with van der Waals surface area (Å²) in [7, 11) is 2.37. The number of methoxy groups -OCH3 is 2. The van der Waals surface area contributed by atoms with Crippen LogP contribution >= 0.6 is 0 Å². The van der Waals surface area contributed by atoms with Crippen LogP contribution in [-0.4, -0.2) is 38.6 Å². The van der Waals surface area contributed by atoms with Gasteiger partial charge in [-0.15, -0.1) is 0 Å². The second kappa shape index (κ2) is 5.90. The van der Waals surface area contributed by atoms with E-state index in [2.05, 4.69) is 9.47 Å². The maximum Gasteiger partial charge on any atom is 0.340 e. The number of hydrogen-bond donors (Lipinski definition) is 0. The third-order valence-corrected chi connectivity index (χ3v) is 3.33. The zero-order valence-corrected chi connectivity index (χ0v) is 11.6. The quantitative estimate of drug-likeness (QED) is 0.782. The summed E-state index contributed by atoms with van der Waals surface area (Å²) in [5.74, 6) is -3.22. The van der Waals surface area contributed by atoms with Crippen molar-refractivity contribution in [3.63, 3.8) is 0 Å². The van der Waals surface area contributed by atoms with Gasteiger partial charge in [-0.1, -0.05) is 6.07 Å². The second-order valence-electron chi connectivity index (χ2n) is 4.56. The van der Waals surface area contributed by atoms with Gasteiger partial charge in [-0.2, -0.15) is 0 Å². The third kappa shape index (κ3) is 2.72. The number of nitrogens with zero attached hydrogens (tertiary/aromatic N) is 1. The molecule has 7 heteroatoms. The Bertz CT molecular complexity index is 601. The molecule has 1 atom stereocenters. The van der Waals surface area contributed by atoms with E-state index in [9.17, 15) is 18.8 Å². The predicted octanol–water partition coefficient (Wildman–Crippen LogP) is 1.14. The minimum Gasteiger partial charge on any atom is -0.469 e. The zero-order chi connectivity index (χ0) is 15.6. The fourth-order valence-electron chi connectivity index (χ4n) is 2.26. The van der Waals surface area contributed by atoms with E-state index in [0.29, 0.717) is 0 Å². The van der Waals surface area contributed by atoms with Gasteiger partial charge in [0.05, 0.1) is 31.4 Å². The van der Waals surface area contributed by atoms with Crippen molar-refractivity contribution in [3.8, 4) is 0 Å².